The summed E-state index contributed by atoms with van der Waals surface area (Å²) in [4.78, 5) is 25.8. The van der Waals surface area contributed by atoms with Crippen molar-refractivity contribution in [1.82, 2.24) is 9.55 Å². The van der Waals surface area contributed by atoms with Gasteiger partial charge in [-0.25, -0.2) is 4.79 Å². The molecule has 0 aliphatic heterocycles. The van der Waals surface area contributed by atoms with Gasteiger partial charge < -0.3 is 4.98 Å². The zero-order valence-corrected chi connectivity index (χ0v) is 13.0. The first kappa shape index (κ1) is 15.2. The van der Waals surface area contributed by atoms with Crippen molar-refractivity contribution in [2.45, 2.75) is 33.2 Å². The van der Waals surface area contributed by atoms with Gasteiger partial charge in [0.15, 0.2) is 0 Å². The van der Waals surface area contributed by atoms with Crippen LogP contribution in [0.5, 0.6) is 0 Å². The molecule has 0 aromatic carbocycles. The van der Waals surface area contributed by atoms with E-state index in [0.29, 0.717) is 10.2 Å². The Morgan fingerprint density at radius 3 is 2.47 bits per heavy atom. The Hall–Kier alpha value is 0.160. The van der Waals surface area contributed by atoms with Gasteiger partial charge in [0.25, 0.3) is 5.56 Å². The van der Waals surface area contributed by atoms with Crippen LogP contribution in [0.4, 0.5) is 0 Å². The molecular formula is C9H13BrN2NaO2+. The third kappa shape index (κ3) is 3.06. The smallest absolute Gasteiger partial charge is 0.310 e. The Morgan fingerprint density at radius 2 is 2.00 bits per heavy atom. The molecule has 0 saturated carbocycles. The number of nitrogens with one attached hydrogen (secondary N) is 1. The van der Waals surface area contributed by atoms with Crippen molar-refractivity contribution in [2.75, 3.05) is 0 Å². The van der Waals surface area contributed by atoms with Gasteiger partial charge in [0.1, 0.15) is 4.47 Å². The van der Waals surface area contributed by atoms with Gasteiger partial charge >= 0.3 is 35.2 Å². The number of aromatic amines is 1. The van der Waals surface area contributed by atoms with Crippen molar-refractivity contribution < 1.29 is 29.6 Å². The Balaban J connectivity index is 0.00000196. The van der Waals surface area contributed by atoms with Crippen molar-refractivity contribution >= 4 is 15.9 Å². The summed E-state index contributed by atoms with van der Waals surface area (Å²) < 4.78 is 1.66. The number of H-pyrrole nitrogens is 1. The molecule has 0 amide bonds. The van der Waals surface area contributed by atoms with E-state index in [2.05, 4.69) is 20.9 Å². The second-order valence-electron chi connectivity index (χ2n) is 3.30. The number of aryl methyl sites for hydroxylation is 1. The first-order chi connectivity index (χ1) is 6.49. The molecule has 6 heteroatoms. The zero-order valence-electron chi connectivity index (χ0n) is 9.43. The van der Waals surface area contributed by atoms with Crippen LogP contribution < -0.4 is 40.8 Å². The van der Waals surface area contributed by atoms with Crippen LogP contribution >= 0.6 is 15.9 Å². The average Bonchev–Trinajstić information content (AvgIpc) is 2.14. The molecule has 15 heavy (non-hydrogen) atoms. The molecule has 1 rings (SSSR count). The Labute approximate surface area is 119 Å². The van der Waals surface area contributed by atoms with Crippen LogP contribution in [0.3, 0.4) is 0 Å². The van der Waals surface area contributed by atoms with E-state index in [-0.39, 0.29) is 46.8 Å². The minimum absolute atomic E-state index is 0. The van der Waals surface area contributed by atoms with Crippen molar-refractivity contribution in [3.8, 4) is 0 Å². The maximum absolute atomic E-state index is 11.7. The summed E-state index contributed by atoms with van der Waals surface area (Å²) in [5, 5.41) is 0. The van der Waals surface area contributed by atoms with E-state index in [0.717, 1.165) is 6.42 Å². The summed E-state index contributed by atoms with van der Waals surface area (Å²) in [6.45, 7) is 5.47. The largest absolute Gasteiger partial charge is 1.00 e. The van der Waals surface area contributed by atoms with Crippen LogP contribution in [0.15, 0.2) is 14.1 Å². The van der Waals surface area contributed by atoms with Gasteiger partial charge in [0.2, 0.25) is 0 Å². The minimum Gasteiger partial charge on any atom is -0.310 e. The van der Waals surface area contributed by atoms with Gasteiger partial charge in [0.05, 0.1) is 0 Å². The SMILES string of the molecule is CCC(C)n1c(=O)[nH]c(C)c(Br)c1=O.[Na+]. The molecular weight excluding hydrogens is 271 g/mol. The maximum Gasteiger partial charge on any atom is 1.00 e. The van der Waals surface area contributed by atoms with E-state index in [1.54, 1.807) is 6.92 Å². The summed E-state index contributed by atoms with van der Waals surface area (Å²) in [6, 6.07) is -0.0804. The van der Waals surface area contributed by atoms with Gasteiger partial charge in [0, 0.05) is 11.7 Å². The van der Waals surface area contributed by atoms with Crippen LogP contribution in [0.2, 0.25) is 0 Å². The number of nitrogens with zero attached hydrogens (tertiary/aromatic N) is 1. The number of rotatable bonds is 2. The predicted molar refractivity (Wildman–Crippen MR) is 58.8 cm³/mol. The third-order valence-electron chi connectivity index (χ3n) is 2.28. The Kier molecular flexibility index (Phi) is 6.10. The van der Waals surface area contributed by atoms with E-state index in [9.17, 15) is 9.59 Å². The molecule has 0 bridgehead atoms. The Bertz CT molecular complexity index is 452. The first-order valence-corrected chi connectivity index (χ1v) is 5.29. The van der Waals surface area contributed by atoms with Gasteiger partial charge in [-0.05, 0) is 36.2 Å². The van der Waals surface area contributed by atoms with Gasteiger partial charge in [-0.1, -0.05) is 6.92 Å². The fraction of sp³-hybridized carbons (Fsp3) is 0.556. The van der Waals surface area contributed by atoms with E-state index in [4.69, 9.17) is 0 Å². The first-order valence-electron chi connectivity index (χ1n) is 4.50. The number of aromatic nitrogens is 2. The monoisotopic (exact) mass is 283 g/mol. The van der Waals surface area contributed by atoms with Gasteiger partial charge in [-0.15, -0.1) is 0 Å². The fourth-order valence-electron chi connectivity index (χ4n) is 1.22. The minimum atomic E-state index is -0.343. The zero-order chi connectivity index (χ0) is 10.9. The maximum atomic E-state index is 11.7. The quantitative estimate of drug-likeness (QED) is 0.678. The fourth-order valence-corrected chi connectivity index (χ4v) is 1.51. The van der Waals surface area contributed by atoms with Crippen LogP contribution in [0.25, 0.3) is 0 Å². The van der Waals surface area contributed by atoms with Gasteiger partial charge in [-0.3, -0.25) is 9.36 Å². The molecule has 0 saturated heterocycles. The third-order valence-corrected chi connectivity index (χ3v) is 3.21. The van der Waals surface area contributed by atoms with Crippen molar-refractivity contribution in [3.05, 3.63) is 31.0 Å². The molecule has 1 aromatic rings. The number of halogens is 1. The predicted octanol–water partition coefficient (Wildman–Crippen LogP) is -1.42. The van der Waals surface area contributed by atoms with Crippen molar-refractivity contribution in [3.63, 3.8) is 0 Å². The van der Waals surface area contributed by atoms with E-state index < -0.39 is 0 Å². The molecule has 0 aliphatic carbocycles. The number of hydrogen-bond acceptors (Lipinski definition) is 2. The number of hydrogen-bond donors (Lipinski definition) is 1. The molecule has 0 fully saturated rings. The normalized spacial score (nSPS) is 12.0. The summed E-state index contributed by atoms with van der Waals surface area (Å²) in [5.74, 6) is 0. The van der Waals surface area contributed by atoms with Crippen LogP contribution in [-0.4, -0.2) is 9.55 Å². The molecule has 1 heterocycles. The molecule has 1 aromatic heterocycles. The van der Waals surface area contributed by atoms with Crippen LogP contribution in [0.1, 0.15) is 32.0 Å². The summed E-state index contributed by atoms with van der Waals surface area (Å²) in [5.41, 5.74) is -0.0368. The average molecular weight is 284 g/mol. The van der Waals surface area contributed by atoms with E-state index in [1.165, 1.54) is 4.57 Å². The van der Waals surface area contributed by atoms with Crippen molar-refractivity contribution in [1.29, 1.82) is 0 Å². The second-order valence-corrected chi connectivity index (χ2v) is 4.09. The molecule has 1 atom stereocenters. The van der Waals surface area contributed by atoms with Crippen LogP contribution in [-0.2, 0) is 0 Å². The summed E-state index contributed by atoms with van der Waals surface area (Å²) in [6.07, 6.45) is 0.748. The molecule has 0 spiro atoms. The molecule has 78 valence electrons. The second kappa shape index (κ2) is 6.03. The molecule has 1 unspecified atom stereocenters. The summed E-state index contributed by atoms with van der Waals surface area (Å²) >= 11 is 3.16. The van der Waals surface area contributed by atoms with Crippen LogP contribution in [0, 0.1) is 6.92 Å². The van der Waals surface area contributed by atoms with E-state index >= 15 is 0 Å². The van der Waals surface area contributed by atoms with Crippen molar-refractivity contribution in [2.24, 2.45) is 0 Å². The molecule has 0 aliphatic rings. The topological polar surface area (TPSA) is 54.9 Å². The standard InChI is InChI=1S/C9H13BrN2O2.Na/c1-4-5(2)12-8(13)7(10)6(3)11-9(12)14;/h5H,4H2,1-3H3,(H,11,14);/q;+1. The molecule has 0 radical (unpaired) electrons. The molecule has 4 nitrogen and oxygen atoms in total. The molecule has 1 N–H and O–H groups in total. The van der Waals surface area contributed by atoms with Gasteiger partial charge in [-0.2, -0.15) is 0 Å². The summed E-state index contributed by atoms with van der Waals surface area (Å²) in [7, 11) is 0. The van der Waals surface area contributed by atoms with E-state index in [1.807, 2.05) is 13.8 Å². The Morgan fingerprint density at radius 1 is 1.47 bits per heavy atom.